The summed E-state index contributed by atoms with van der Waals surface area (Å²) in [5.74, 6) is 0.0352. The van der Waals surface area contributed by atoms with E-state index in [0.717, 1.165) is 11.3 Å². The Morgan fingerprint density at radius 3 is 2.60 bits per heavy atom. The van der Waals surface area contributed by atoms with Gasteiger partial charge in [-0.25, -0.2) is 8.42 Å². The van der Waals surface area contributed by atoms with Gasteiger partial charge < -0.3 is 5.11 Å². The molecule has 0 fully saturated rings. The van der Waals surface area contributed by atoms with Gasteiger partial charge in [0.15, 0.2) is 0 Å². The maximum atomic E-state index is 10.9. The van der Waals surface area contributed by atoms with E-state index in [2.05, 4.69) is 6.92 Å². The second-order valence-corrected chi connectivity index (χ2v) is 7.05. The predicted octanol–water partition coefficient (Wildman–Crippen LogP) is 1.78. The molecule has 0 aliphatic heterocycles. The molecule has 0 spiro atoms. The molecule has 0 aromatic carbocycles. The molecule has 0 bridgehead atoms. The van der Waals surface area contributed by atoms with Crippen LogP contribution in [0, 0.1) is 0 Å². The van der Waals surface area contributed by atoms with Gasteiger partial charge in [0.25, 0.3) is 0 Å². The summed E-state index contributed by atoms with van der Waals surface area (Å²) in [6.45, 7) is 2.05. The molecule has 0 amide bonds. The van der Waals surface area contributed by atoms with Crippen molar-refractivity contribution in [2.75, 3.05) is 12.0 Å². The third-order valence-corrected chi connectivity index (χ3v) is 4.43. The minimum Gasteiger partial charge on any atom is -0.388 e. The normalized spacial score (nSPS) is 14.1. The molecule has 15 heavy (non-hydrogen) atoms. The zero-order chi connectivity index (χ0) is 11.5. The van der Waals surface area contributed by atoms with Gasteiger partial charge in [-0.05, 0) is 25.0 Å². The number of thiophene rings is 1. The SMILES string of the molecule is CCc1ccc(C(O)CCS(C)(=O)=O)s1. The highest BCUT2D eigenvalue weighted by Gasteiger charge is 2.13. The molecule has 5 heteroatoms. The van der Waals surface area contributed by atoms with E-state index in [1.54, 1.807) is 11.3 Å². The van der Waals surface area contributed by atoms with Crippen molar-refractivity contribution in [3.8, 4) is 0 Å². The van der Waals surface area contributed by atoms with Gasteiger partial charge in [-0.1, -0.05) is 6.92 Å². The summed E-state index contributed by atoms with van der Waals surface area (Å²) in [5, 5.41) is 9.74. The molecule has 1 rings (SSSR count). The summed E-state index contributed by atoms with van der Waals surface area (Å²) in [6.07, 6.45) is 1.77. The van der Waals surface area contributed by atoms with Gasteiger partial charge in [0.05, 0.1) is 11.9 Å². The smallest absolute Gasteiger partial charge is 0.147 e. The Hall–Kier alpha value is -0.390. The molecule has 86 valence electrons. The summed E-state index contributed by atoms with van der Waals surface area (Å²) in [6, 6.07) is 3.85. The van der Waals surface area contributed by atoms with Gasteiger partial charge in [0.1, 0.15) is 9.84 Å². The minimum absolute atomic E-state index is 0.0352. The highest BCUT2D eigenvalue weighted by molar-refractivity contribution is 7.90. The average Bonchev–Trinajstić information content (AvgIpc) is 2.61. The minimum atomic E-state index is -2.98. The molecule has 1 aromatic rings. The lowest BCUT2D eigenvalue weighted by atomic mass is 10.2. The molecular weight excluding hydrogens is 232 g/mol. The van der Waals surface area contributed by atoms with Crippen LogP contribution in [-0.4, -0.2) is 25.5 Å². The Morgan fingerprint density at radius 1 is 1.47 bits per heavy atom. The van der Waals surface area contributed by atoms with E-state index in [1.165, 1.54) is 11.1 Å². The Labute approximate surface area is 94.7 Å². The summed E-state index contributed by atoms with van der Waals surface area (Å²) >= 11 is 1.55. The molecule has 0 saturated heterocycles. The van der Waals surface area contributed by atoms with Crippen molar-refractivity contribution in [1.29, 1.82) is 0 Å². The van der Waals surface area contributed by atoms with Crippen LogP contribution < -0.4 is 0 Å². The molecule has 1 N–H and O–H groups in total. The first kappa shape index (κ1) is 12.7. The summed E-state index contributed by atoms with van der Waals surface area (Å²) in [5.41, 5.74) is 0. The van der Waals surface area contributed by atoms with E-state index >= 15 is 0 Å². The quantitative estimate of drug-likeness (QED) is 0.864. The number of hydrogen-bond donors (Lipinski definition) is 1. The van der Waals surface area contributed by atoms with Gasteiger partial charge >= 0.3 is 0 Å². The van der Waals surface area contributed by atoms with Crippen LogP contribution in [0.4, 0.5) is 0 Å². The third kappa shape index (κ3) is 4.32. The lowest BCUT2D eigenvalue weighted by Crippen LogP contribution is -2.07. The molecular formula is C10H16O3S2. The zero-order valence-electron chi connectivity index (χ0n) is 8.93. The van der Waals surface area contributed by atoms with Gasteiger partial charge in [-0.3, -0.25) is 0 Å². The van der Waals surface area contributed by atoms with E-state index in [9.17, 15) is 13.5 Å². The first-order valence-corrected chi connectivity index (χ1v) is 7.74. The van der Waals surface area contributed by atoms with Crippen molar-refractivity contribution in [3.63, 3.8) is 0 Å². The van der Waals surface area contributed by atoms with Crippen LogP contribution in [0.15, 0.2) is 12.1 Å². The number of hydrogen-bond acceptors (Lipinski definition) is 4. The van der Waals surface area contributed by atoms with E-state index < -0.39 is 15.9 Å². The molecule has 1 heterocycles. The van der Waals surface area contributed by atoms with Gasteiger partial charge in [-0.2, -0.15) is 0 Å². The van der Waals surface area contributed by atoms with Crippen LogP contribution in [0.2, 0.25) is 0 Å². The average molecular weight is 248 g/mol. The summed E-state index contributed by atoms with van der Waals surface area (Å²) in [4.78, 5) is 2.07. The van der Waals surface area contributed by atoms with Gasteiger partial charge in [0.2, 0.25) is 0 Å². The van der Waals surface area contributed by atoms with Crippen molar-refractivity contribution >= 4 is 21.2 Å². The van der Waals surface area contributed by atoms with Crippen LogP contribution >= 0.6 is 11.3 Å². The van der Waals surface area contributed by atoms with Crippen LogP contribution in [0.5, 0.6) is 0 Å². The standard InChI is InChI=1S/C10H16O3S2/c1-3-8-4-5-10(14-8)9(11)6-7-15(2,12)13/h4-5,9,11H,3,6-7H2,1-2H3. The predicted molar refractivity (Wildman–Crippen MR) is 63.0 cm³/mol. The van der Waals surface area contributed by atoms with Crippen molar-refractivity contribution in [2.45, 2.75) is 25.9 Å². The van der Waals surface area contributed by atoms with Gasteiger partial charge in [0, 0.05) is 16.0 Å². The first-order chi connectivity index (χ1) is 6.92. The second kappa shape index (κ2) is 5.09. The first-order valence-electron chi connectivity index (χ1n) is 4.86. The van der Waals surface area contributed by atoms with E-state index in [1.807, 2.05) is 12.1 Å². The topological polar surface area (TPSA) is 54.4 Å². The zero-order valence-corrected chi connectivity index (χ0v) is 10.6. The Bertz CT molecular complexity index is 406. The highest BCUT2D eigenvalue weighted by Crippen LogP contribution is 2.25. The number of rotatable bonds is 5. The maximum absolute atomic E-state index is 10.9. The summed E-state index contributed by atoms with van der Waals surface area (Å²) < 4.78 is 21.8. The monoisotopic (exact) mass is 248 g/mol. The lowest BCUT2D eigenvalue weighted by molar-refractivity contribution is 0.178. The van der Waals surface area contributed by atoms with Crippen LogP contribution in [0.3, 0.4) is 0 Å². The second-order valence-electron chi connectivity index (χ2n) is 3.59. The van der Waals surface area contributed by atoms with Crippen molar-refractivity contribution < 1.29 is 13.5 Å². The van der Waals surface area contributed by atoms with Crippen molar-refractivity contribution in [2.24, 2.45) is 0 Å². The number of sulfone groups is 1. The highest BCUT2D eigenvalue weighted by atomic mass is 32.2. The maximum Gasteiger partial charge on any atom is 0.147 e. The molecule has 0 aliphatic rings. The fraction of sp³-hybridized carbons (Fsp3) is 0.600. The number of aryl methyl sites for hydroxylation is 1. The third-order valence-electron chi connectivity index (χ3n) is 2.12. The number of aliphatic hydroxyl groups is 1. The molecule has 1 unspecified atom stereocenters. The van der Waals surface area contributed by atoms with Gasteiger partial charge in [-0.15, -0.1) is 11.3 Å². The van der Waals surface area contributed by atoms with Crippen LogP contribution in [-0.2, 0) is 16.3 Å². The molecule has 1 aromatic heterocycles. The Balaban J connectivity index is 2.57. The Morgan fingerprint density at radius 2 is 2.13 bits per heavy atom. The van der Waals surface area contributed by atoms with Crippen molar-refractivity contribution in [3.05, 3.63) is 21.9 Å². The fourth-order valence-electron chi connectivity index (χ4n) is 1.23. The lowest BCUT2D eigenvalue weighted by Gasteiger charge is -2.06. The fourth-order valence-corrected chi connectivity index (χ4v) is 2.86. The van der Waals surface area contributed by atoms with E-state index in [0.29, 0.717) is 0 Å². The molecule has 0 saturated carbocycles. The number of aliphatic hydroxyl groups excluding tert-OH is 1. The van der Waals surface area contributed by atoms with E-state index in [-0.39, 0.29) is 12.2 Å². The van der Waals surface area contributed by atoms with E-state index in [4.69, 9.17) is 0 Å². The summed E-state index contributed by atoms with van der Waals surface area (Å²) in [7, 11) is -2.98. The van der Waals surface area contributed by atoms with Crippen molar-refractivity contribution in [1.82, 2.24) is 0 Å². The van der Waals surface area contributed by atoms with Crippen LogP contribution in [0.1, 0.15) is 29.2 Å². The molecule has 0 aliphatic carbocycles. The Kier molecular flexibility index (Phi) is 4.31. The molecule has 0 radical (unpaired) electrons. The van der Waals surface area contributed by atoms with Crippen LogP contribution in [0.25, 0.3) is 0 Å². The molecule has 3 nitrogen and oxygen atoms in total. The molecule has 1 atom stereocenters. The largest absolute Gasteiger partial charge is 0.388 e.